The van der Waals surface area contributed by atoms with Crippen LogP contribution in [0, 0.1) is 0 Å². The summed E-state index contributed by atoms with van der Waals surface area (Å²) in [5.74, 6) is -2.94. The lowest BCUT2D eigenvalue weighted by molar-refractivity contribution is -0.145. The van der Waals surface area contributed by atoms with Gasteiger partial charge < -0.3 is 15.5 Å². The van der Waals surface area contributed by atoms with Crippen LogP contribution in [0.25, 0.3) is 0 Å². The number of hydrogen-bond donors (Lipinski definition) is 3. The van der Waals surface area contributed by atoms with E-state index in [0.29, 0.717) is 11.5 Å². The summed E-state index contributed by atoms with van der Waals surface area (Å²) in [6, 6.07) is 5.30. The molecule has 0 aliphatic rings. The van der Waals surface area contributed by atoms with E-state index in [1.54, 1.807) is 24.3 Å². The first-order valence-electron chi connectivity index (χ1n) is 6.16. The van der Waals surface area contributed by atoms with Crippen LogP contribution in [0.3, 0.4) is 0 Å². The third kappa shape index (κ3) is 4.38. The van der Waals surface area contributed by atoms with Gasteiger partial charge in [-0.15, -0.1) is 0 Å². The number of carboxylic acids is 2. The van der Waals surface area contributed by atoms with E-state index in [4.69, 9.17) is 10.2 Å². The van der Waals surface area contributed by atoms with Crippen molar-refractivity contribution in [2.45, 2.75) is 32.2 Å². The van der Waals surface area contributed by atoms with E-state index in [2.05, 4.69) is 5.32 Å². The first-order chi connectivity index (χ1) is 9.31. The van der Waals surface area contributed by atoms with Gasteiger partial charge >= 0.3 is 11.9 Å². The predicted molar refractivity (Wildman–Crippen MR) is 71.7 cm³/mol. The molecule has 1 rings (SSSR count). The molecule has 1 amide bonds. The van der Waals surface area contributed by atoms with Crippen molar-refractivity contribution in [3.05, 3.63) is 35.4 Å². The highest BCUT2D eigenvalue weighted by atomic mass is 16.4. The fourth-order valence-corrected chi connectivity index (χ4v) is 1.64. The minimum Gasteiger partial charge on any atom is -0.481 e. The van der Waals surface area contributed by atoms with E-state index in [-0.39, 0.29) is 0 Å². The lowest BCUT2D eigenvalue weighted by Crippen LogP contribution is -2.42. The second-order valence-electron chi connectivity index (χ2n) is 4.74. The maximum Gasteiger partial charge on any atom is 0.326 e. The van der Waals surface area contributed by atoms with Gasteiger partial charge in [-0.25, -0.2) is 4.79 Å². The molecule has 0 aromatic heterocycles. The topological polar surface area (TPSA) is 104 Å². The van der Waals surface area contributed by atoms with Gasteiger partial charge in [-0.1, -0.05) is 26.0 Å². The average molecular weight is 279 g/mol. The Morgan fingerprint density at radius 1 is 1.10 bits per heavy atom. The molecule has 3 N–H and O–H groups in total. The summed E-state index contributed by atoms with van der Waals surface area (Å²) in [4.78, 5) is 33.3. The van der Waals surface area contributed by atoms with Crippen LogP contribution in [-0.4, -0.2) is 34.1 Å². The van der Waals surface area contributed by atoms with Crippen LogP contribution in [0.15, 0.2) is 24.3 Å². The number of benzene rings is 1. The van der Waals surface area contributed by atoms with E-state index in [9.17, 15) is 14.4 Å². The Morgan fingerprint density at radius 2 is 1.65 bits per heavy atom. The molecular weight excluding hydrogens is 262 g/mol. The van der Waals surface area contributed by atoms with Crippen molar-refractivity contribution in [1.82, 2.24) is 5.32 Å². The van der Waals surface area contributed by atoms with Crippen molar-refractivity contribution in [1.29, 1.82) is 0 Å². The summed E-state index contributed by atoms with van der Waals surface area (Å²) >= 11 is 0. The molecule has 6 nitrogen and oxygen atoms in total. The van der Waals surface area contributed by atoms with Gasteiger partial charge in [0.2, 0.25) is 0 Å². The Kier molecular flexibility index (Phi) is 5.25. The molecule has 1 atom stereocenters. The number of carboxylic acid groups (broad SMARTS) is 2. The van der Waals surface area contributed by atoms with Crippen LogP contribution < -0.4 is 5.32 Å². The largest absolute Gasteiger partial charge is 0.481 e. The zero-order valence-electron chi connectivity index (χ0n) is 11.3. The highest BCUT2D eigenvalue weighted by molar-refractivity contribution is 5.97. The molecule has 0 saturated carbocycles. The molecule has 0 bridgehead atoms. The Bertz CT molecular complexity index is 507. The smallest absolute Gasteiger partial charge is 0.326 e. The quantitative estimate of drug-likeness (QED) is 0.731. The first-order valence-corrected chi connectivity index (χ1v) is 6.16. The number of nitrogens with one attached hydrogen (secondary N) is 1. The number of hydrogen-bond acceptors (Lipinski definition) is 3. The minimum atomic E-state index is -1.44. The minimum absolute atomic E-state index is 0.297. The Labute approximate surface area is 116 Å². The maximum atomic E-state index is 11.9. The second kappa shape index (κ2) is 6.70. The normalized spacial score (nSPS) is 11.9. The number of aliphatic carboxylic acids is 2. The maximum absolute atomic E-state index is 11.9. The molecule has 0 spiro atoms. The van der Waals surface area contributed by atoms with Gasteiger partial charge in [-0.3, -0.25) is 9.59 Å². The third-order valence-electron chi connectivity index (χ3n) is 2.82. The fraction of sp³-hybridized carbons (Fsp3) is 0.357. The van der Waals surface area contributed by atoms with Gasteiger partial charge in [0.15, 0.2) is 0 Å². The summed E-state index contributed by atoms with van der Waals surface area (Å²) in [5, 5.41) is 19.6. The summed E-state index contributed by atoms with van der Waals surface area (Å²) in [6.07, 6.45) is -0.662. The molecular formula is C14H17NO5. The van der Waals surface area contributed by atoms with Crippen LogP contribution in [0.4, 0.5) is 0 Å². The molecule has 20 heavy (non-hydrogen) atoms. The molecule has 0 radical (unpaired) electrons. The van der Waals surface area contributed by atoms with E-state index < -0.39 is 30.3 Å². The van der Waals surface area contributed by atoms with Crippen molar-refractivity contribution in [2.24, 2.45) is 0 Å². The molecule has 0 heterocycles. The fourth-order valence-electron chi connectivity index (χ4n) is 1.64. The number of amides is 1. The molecule has 6 heteroatoms. The number of carbonyl (C=O) groups excluding carboxylic acids is 1. The Hall–Kier alpha value is -2.37. The molecule has 0 aliphatic carbocycles. The standard InChI is InChI=1S/C14H17NO5/c1-8(2)9-3-5-10(6-4-9)13(18)15-11(14(19)20)7-12(16)17/h3-6,8,11H,7H2,1-2H3,(H,15,18)(H,16,17)(H,19,20). The highest BCUT2D eigenvalue weighted by Crippen LogP contribution is 2.14. The molecule has 0 saturated heterocycles. The van der Waals surface area contributed by atoms with Gasteiger partial charge in [-0.2, -0.15) is 0 Å². The van der Waals surface area contributed by atoms with Crippen LogP contribution in [-0.2, 0) is 9.59 Å². The zero-order valence-corrected chi connectivity index (χ0v) is 11.3. The molecule has 108 valence electrons. The highest BCUT2D eigenvalue weighted by Gasteiger charge is 2.23. The van der Waals surface area contributed by atoms with Gasteiger partial charge in [0.25, 0.3) is 5.91 Å². The van der Waals surface area contributed by atoms with Gasteiger partial charge in [0, 0.05) is 5.56 Å². The Morgan fingerprint density at radius 3 is 2.05 bits per heavy atom. The Balaban J connectivity index is 2.78. The van der Waals surface area contributed by atoms with Crippen LogP contribution in [0.2, 0.25) is 0 Å². The van der Waals surface area contributed by atoms with Crippen LogP contribution in [0.1, 0.15) is 42.1 Å². The van der Waals surface area contributed by atoms with Crippen molar-refractivity contribution in [3.8, 4) is 0 Å². The predicted octanol–water partition coefficient (Wildman–Crippen LogP) is 1.47. The van der Waals surface area contributed by atoms with Gasteiger partial charge in [0.05, 0.1) is 6.42 Å². The van der Waals surface area contributed by atoms with E-state index in [1.807, 2.05) is 13.8 Å². The zero-order chi connectivity index (χ0) is 15.3. The summed E-state index contributed by atoms with van der Waals surface area (Å²) < 4.78 is 0. The van der Waals surface area contributed by atoms with Crippen LogP contribution in [0.5, 0.6) is 0 Å². The van der Waals surface area contributed by atoms with Crippen LogP contribution >= 0.6 is 0 Å². The average Bonchev–Trinajstić information content (AvgIpc) is 2.37. The lowest BCUT2D eigenvalue weighted by atomic mass is 10.0. The van der Waals surface area contributed by atoms with Crippen molar-refractivity contribution < 1.29 is 24.6 Å². The summed E-state index contributed by atoms with van der Waals surface area (Å²) in [5.41, 5.74) is 1.35. The summed E-state index contributed by atoms with van der Waals surface area (Å²) in [6.45, 7) is 4.03. The monoisotopic (exact) mass is 279 g/mol. The third-order valence-corrected chi connectivity index (χ3v) is 2.82. The lowest BCUT2D eigenvalue weighted by Gasteiger charge is -2.13. The molecule has 0 fully saturated rings. The van der Waals surface area contributed by atoms with Crippen molar-refractivity contribution >= 4 is 17.8 Å². The number of carbonyl (C=O) groups is 3. The first kappa shape index (κ1) is 15.7. The van der Waals surface area contributed by atoms with Crippen molar-refractivity contribution in [3.63, 3.8) is 0 Å². The van der Waals surface area contributed by atoms with Gasteiger partial charge in [0.1, 0.15) is 6.04 Å². The van der Waals surface area contributed by atoms with Crippen molar-refractivity contribution in [2.75, 3.05) is 0 Å². The molecule has 1 unspecified atom stereocenters. The van der Waals surface area contributed by atoms with Gasteiger partial charge in [-0.05, 0) is 23.6 Å². The van der Waals surface area contributed by atoms with E-state index in [1.165, 1.54) is 0 Å². The van der Waals surface area contributed by atoms with E-state index in [0.717, 1.165) is 5.56 Å². The second-order valence-corrected chi connectivity index (χ2v) is 4.74. The summed E-state index contributed by atoms with van der Waals surface area (Å²) in [7, 11) is 0. The van der Waals surface area contributed by atoms with E-state index >= 15 is 0 Å². The number of rotatable bonds is 6. The molecule has 0 aliphatic heterocycles. The SMILES string of the molecule is CC(C)c1ccc(C(=O)NC(CC(=O)O)C(=O)O)cc1. The molecule has 1 aromatic rings. The molecule has 1 aromatic carbocycles.